The summed E-state index contributed by atoms with van der Waals surface area (Å²) >= 11 is 0. The molecule has 3 aromatic carbocycles. The highest BCUT2D eigenvalue weighted by molar-refractivity contribution is 5.95. The van der Waals surface area contributed by atoms with Crippen molar-refractivity contribution in [2.75, 3.05) is 31.5 Å². The number of anilines is 2. The van der Waals surface area contributed by atoms with Gasteiger partial charge in [-0.25, -0.2) is 0 Å². The Morgan fingerprint density at radius 2 is 1.54 bits per heavy atom. The molecule has 2 N–H and O–H groups in total. The molecule has 0 heterocycles. The first-order chi connectivity index (χ1) is 17.8. The average molecular weight is 512 g/mol. The largest absolute Gasteiger partial charge is 0.573 e. The van der Waals surface area contributed by atoms with Gasteiger partial charge in [0, 0.05) is 23.5 Å². The average Bonchev–Trinajstić information content (AvgIpc) is 2.88. The SMILES string of the molecule is CCN(CC)CCCNC(=O)c1cccc(Nc2cccc(/C=C/c3ccc(OC(F)(F)F)cc3)c2)c1. The quantitative estimate of drug-likeness (QED) is 0.204. The van der Waals surface area contributed by atoms with Gasteiger partial charge in [-0.2, -0.15) is 0 Å². The van der Waals surface area contributed by atoms with Crippen LogP contribution in [-0.2, 0) is 0 Å². The maximum absolute atomic E-state index is 12.6. The van der Waals surface area contributed by atoms with E-state index in [-0.39, 0.29) is 11.7 Å². The van der Waals surface area contributed by atoms with Crippen LogP contribution in [0.15, 0.2) is 72.8 Å². The predicted octanol–water partition coefficient (Wildman–Crippen LogP) is 6.96. The predicted molar refractivity (Wildman–Crippen MR) is 143 cm³/mol. The summed E-state index contributed by atoms with van der Waals surface area (Å²) < 4.78 is 40.8. The second-order valence-corrected chi connectivity index (χ2v) is 8.42. The molecule has 3 aromatic rings. The molecule has 5 nitrogen and oxygen atoms in total. The van der Waals surface area contributed by atoms with Crippen molar-refractivity contribution in [2.45, 2.75) is 26.6 Å². The second-order valence-electron chi connectivity index (χ2n) is 8.42. The van der Waals surface area contributed by atoms with Crippen LogP contribution in [0.4, 0.5) is 24.5 Å². The molecule has 1 amide bonds. The minimum absolute atomic E-state index is 0.105. The summed E-state index contributed by atoms with van der Waals surface area (Å²) in [6.45, 7) is 7.85. The molecule has 0 aliphatic rings. The zero-order valence-corrected chi connectivity index (χ0v) is 21.0. The number of amides is 1. The molecule has 0 radical (unpaired) electrons. The van der Waals surface area contributed by atoms with Crippen molar-refractivity contribution < 1.29 is 22.7 Å². The van der Waals surface area contributed by atoms with E-state index >= 15 is 0 Å². The molecular formula is C29H32F3N3O2. The van der Waals surface area contributed by atoms with Gasteiger partial charge in [-0.15, -0.1) is 13.2 Å². The highest BCUT2D eigenvalue weighted by Crippen LogP contribution is 2.24. The van der Waals surface area contributed by atoms with Crippen molar-refractivity contribution in [3.8, 4) is 5.75 Å². The number of hydrogen-bond donors (Lipinski definition) is 2. The minimum Gasteiger partial charge on any atom is -0.406 e. The smallest absolute Gasteiger partial charge is 0.406 e. The van der Waals surface area contributed by atoms with Gasteiger partial charge in [0.25, 0.3) is 5.91 Å². The summed E-state index contributed by atoms with van der Waals surface area (Å²) in [7, 11) is 0. The van der Waals surface area contributed by atoms with Crippen LogP contribution in [-0.4, -0.2) is 43.3 Å². The maximum atomic E-state index is 12.6. The number of nitrogens with one attached hydrogen (secondary N) is 2. The van der Waals surface area contributed by atoms with E-state index in [1.165, 1.54) is 12.1 Å². The molecule has 0 saturated carbocycles. The van der Waals surface area contributed by atoms with E-state index in [4.69, 9.17) is 0 Å². The van der Waals surface area contributed by atoms with Crippen molar-refractivity contribution in [3.05, 3.63) is 89.5 Å². The number of nitrogens with zero attached hydrogens (tertiary/aromatic N) is 1. The molecule has 0 atom stereocenters. The normalized spacial score (nSPS) is 11.6. The van der Waals surface area contributed by atoms with E-state index in [0.717, 1.165) is 48.6 Å². The van der Waals surface area contributed by atoms with Gasteiger partial charge in [0.15, 0.2) is 0 Å². The Hall–Kier alpha value is -3.78. The fourth-order valence-corrected chi connectivity index (χ4v) is 3.74. The molecule has 0 aliphatic carbocycles. The summed E-state index contributed by atoms with van der Waals surface area (Å²) in [6, 6.07) is 20.7. The Balaban J connectivity index is 1.57. The van der Waals surface area contributed by atoms with Crippen LogP contribution in [0.2, 0.25) is 0 Å². The monoisotopic (exact) mass is 511 g/mol. The molecule has 0 fully saturated rings. The van der Waals surface area contributed by atoms with Gasteiger partial charge in [-0.05, 0) is 79.6 Å². The summed E-state index contributed by atoms with van der Waals surface area (Å²) in [4.78, 5) is 14.9. The number of ether oxygens (including phenoxy) is 1. The molecule has 8 heteroatoms. The Morgan fingerprint density at radius 3 is 2.22 bits per heavy atom. The summed E-state index contributed by atoms with van der Waals surface area (Å²) in [6.07, 6.45) is -0.134. The first kappa shape index (κ1) is 27.8. The fourth-order valence-electron chi connectivity index (χ4n) is 3.74. The van der Waals surface area contributed by atoms with Crippen molar-refractivity contribution in [1.82, 2.24) is 10.2 Å². The van der Waals surface area contributed by atoms with Crippen LogP contribution in [0, 0.1) is 0 Å². The highest BCUT2D eigenvalue weighted by atomic mass is 19.4. The molecule has 0 unspecified atom stereocenters. The Kier molecular flexibility index (Phi) is 10.1. The lowest BCUT2D eigenvalue weighted by atomic mass is 10.1. The molecule has 0 saturated heterocycles. The third-order valence-electron chi connectivity index (χ3n) is 5.71. The molecule has 196 valence electrons. The number of hydrogen-bond acceptors (Lipinski definition) is 4. The maximum Gasteiger partial charge on any atom is 0.573 e. The van der Waals surface area contributed by atoms with Gasteiger partial charge in [-0.1, -0.05) is 56.3 Å². The minimum atomic E-state index is -4.71. The van der Waals surface area contributed by atoms with Crippen LogP contribution in [0.25, 0.3) is 12.2 Å². The number of carbonyl (C=O) groups is 1. The number of carbonyl (C=O) groups excluding carboxylic acids is 1. The third-order valence-corrected chi connectivity index (χ3v) is 5.71. The van der Waals surface area contributed by atoms with E-state index < -0.39 is 6.36 Å². The third kappa shape index (κ3) is 9.65. The number of halogens is 3. The molecule has 0 aromatic heterocycles. The summed E-state index contributed by atoms with van der Waals surface area (Å²) in [5.41, 5.74) is 3.86. The van der Waals surface area contributed by atoms with Crippen molar-refractivity contribution in [1.29, 1.82) is 0 Å². The van der Waals surface area contributed by atoms with Gasteiger partial charge in [0.1, 0.15) is 5.75 Å². The Morgan fingerprint density at radius 1 is 0.892 bits per heavy atom. The van der Waals surface area contributed by atoms with Crippen LogP contribution in [0.3, 0.4) is 0 Å². The van der Waals surface area contributed by atoms with Crippen molar-refractivity contribution >= 4 is 29.4 Å². The standard InChI is InChI=1S/C29H32F3N3O2/c1-3-35(4-2)19-7-18-33-28(36)24-9-6-11-26(21-24)34-25-10-5-8-23(20-25)13-12-22-14-16-27(17-15-22)37-29(30,31)32/h5-6,8-17,20-21,34H,3-4,7,18-19H2,1-2H3,(H,33,36)/b13-12+. The first-order valence-electron chi connectivity index (χ1n) is 12.3. The van der Waals surface area contributed by atoms with E-state index in [9.17, 15) is 18.0 Å². The lowest BCUT2D eigenvalue weighted by Gasteiger charge is -2.17. The Labute approximate surface area is 216 Å². The van der Waals surface area contributed by atoms with E-state index in [1.54, 1.807) is 18.2 Å². The molecule has 0 spiro atoms. The number of benzene rings is 3. The molecular weight excluding hydrogens is 479 g/mol. The zero-order valence-electron chi connectivity index (χ0n) is 21.0. The fraction of sp³-hybridized carbons (Fsp3) is 0.276. The first-order valence-corrected chi connectivity index (χ1v) is 12.3. The van der Waals surface area contributed by atoms with Gasteiger partial charge >= 0.3 is 6.36 Å². The van der Waals surface area contributed by atoms with Crippen molar-refractivity contribution in [3.63, 3.8) is 0 Å². The summed E-state index contributed by atoms with van der Waals surface area (Å²) in [5, 5.41) is 6.30. The second kappa shape index (κ2) is 13.5. The Bertz CT molecular complexity index is 1170. The lowest BCUT2D eigenvalue weighted by Crippen LogP contribution is -2.29. The van der Waals surface area contributed by atoms with Crippen LogP contribution in [0.1, 0.15) is 41.8 Å². The van der Waals surface area contributed by atoms with Crippen LogP contribution >= 0.6 is 0 Å². The van der Waals surface area contributed by atoms with Gasteiger partial charge in [0.2, 0.25) is 0 Å². The molecule has 3 rings (SSSR count). The molecule has 0 aliphatic heterocycles. The molecule has 0 bridgehead atoms. The van der Waals surface area contributed by atoms with Gasteiger partial charge in [-0.3, -0.25) is 4.79 Å². The van der Waals surface area contributed by atoms with E-state index in [0.29, 0.717) is 12.1 Å². The topological polar surface area (TPSA) is 53.6 Å². The number of rotatable bonds is 12. The lowest BCUT2D eigenvalue weighted by molar-refractivity contribution is -0.274. The van der Waals surface area contributed by atoms with Gasteiger partial charge < -0.3 is 20.3 Å². The highest BCUT2D eigenvalue weighted by Gasteiger charge is 2.30. The van der Waals surface area contributed by atoms with Crippen LogP contribution in [0.5, 0.6) is 5.75 Å². The number of alkyl halides is 3. The van der Waals surface area contributed by atoms with E-state index in [1.807, 2.05) is 54.6 Å². The van der Waals surface area contributed by atoms with Crippen molar-refractivity contribution in [2.24, 2.45) is 0 Å². The van der Waals surface area contributed by atoms with Crippen LogP contribution < -0.4 is 15.4 Å². The van der Waals surface area contributed by atoms with E-state index in [2.05, 4.69) is 34.1 Å². The zero-order chi connectivity index (χ0) is 26.7. The van der Waals surface area contributed by atoms with Gasteiger partial charge in [0.05, 0.1) is 0 Å². The summed E-state index contributed by atoms with van der Waals surface area (Å²) in [5.74, 6) is -0.363. The molecule has 37 heavy (non-hydrogen) atoms.